The van der Waals surface area contributed by atoms with Crippen LogP contribution in [0.4, 0.5) is 0 Å². The molecule has 0 aromatic rings. The SMILES string of the molecule is O[C@@H]1CCC[C@H]1CNC1CCCC1. The Morgan fingerprint density at radius 1 is 1.00 bits per heavy atom. The maximum atomic E-state index is 9.62. The first-order valence-electron chi connectivity index (χ1n) is 5.78. The normalized spacial score (nSPS) is 35.8. The molecule has 0 aromatic carbocycles. The molecule has 2 rings (SSSR count). The van der Waals surface area contributed by atoms with Crippen molar-refractivity contribution in [2.45, 2.75) is 57.1 Å². The van der Waals surface area contributed by atoms with Gasteiger partial charge in [0.25, 0.3) is 0 Å². The van der Waals surface area contributed by atoms with Crippen molar-refractivity contribution in [3.05, 3.63) is 0 Å². The number of hydrogen-bond acceptors (Lipinski definition) is 2. The zero-order chi connectivity index (χ0) is 9.10. The summed E-state index contributed by atoms with van der Waals surface area (Å²) in [6.45, 7) is 1.05. The van der Waals surface area contributed by atoms with E-state index in [1.54, 1.807) is 0 Å². The average molecular weight is 183 g/mol. The predicted octanol–water partition coefficient (Wildman–Crippen LogP) is 1.68. The molecule has 0 unspecified atom stereocenters. The Morgan fingerprint density at radius 3 is 2.38 bits per heavy atom. The molecule has 76 valence electrons. The van der Waals surface area contributed by atoms with Crippen molar-refractivity contribution in [2.24, 2.45) is 5.92 Å². The molecule has 2 fully saturated rings. The van der Waals surface area contributed by atoms with Gasteiger partial charge in [-0.15, -0.1) is 0 Å². The van der Waals surface area contributed by atoms with Gasteiger partial charge in [-0.05, 0) is 31.6 Å². The van der Waals surface area contributed by atoms with E-state index in [0.29, 0.717) is 5.92 Å². The van der Waals surface area contributed by atoms with Gasteiger partial charge in [0, 0.05) is 12.6 Å². The number of hydrogen-bond donors (Lipinski definition) is 2. The highest BCUT2D eigenvalue weighted by molar-refractivity contribution is 4.81. The number of rotatable bonds is 3. The fourth-order valence-electron chi connectivity index (χ4n) is 2.70. The van der Waals surface area contributed by atoms with Crippen LogP contribution >= 0.6 is 0 Å². The van der Waals surface area contributed by atoms with Gasteiger partial charge in [-0.2, -0.15) is 0 Å². The molecule has 2 heteroatoms. The maximum absolute atomic E-state index is 9.62. The first-order valence-corrected chi connectivity index (χ1v) is 5.78. The molecule has 0 aliphatic heterocycles. The summed E-state index contributed by atoms with van der Waals surface area (Å²) in [5.41, 5.74) is 0. The second kappa shape index (κ2) is 4.43. The minimum atomic E-state index is -0.0195. The molecule has 2 aliphatic carbocycles. The molecule has 2 aliphatic rings. The van der Waals surface area contributed by atoms with E-state index < -0.39 is 0 Å². The molecule has 0 aromatic heterocycles. The fraction of sp³-hybridized carbons (Fsp3) is 1.00. The summed E-state index contributed by atoms with van der Waals surface area (Å²) in [4.78, 5) is 0. The predicted molar refractivity (Wildman–Crippen MR) is 53.6 cm³/mol. The third-order valence-electron chi connectivity index (χ3n) is 3.64. The molecule has 2 N–H and O–H groups in total. The Hall–Kier alpha value is -0.0800. The van der Waals surface area contributed by atoms with Crippen LogP contribution in [0.5, 0.6) is 0 Å². The lowest BCUT2D eigenvalue weighted by molar-refractivity contribution is 0.130. The van der Waals surface area contributed by atoms with Gasteiger partial charge in [0.15, 0.2) is 0 Å². The van der Waals surface area contributed by atoms with Gasteiger partial charge in [0.2, 0.25) is 0 Å². The molecule has 13 heavy (non-hydrogen) atoms. The minimum absolute atomic E-state index is 0.0195. The smallest absolute Gasteiger partial charge is 0.0580 e. The fourth-order valence-corrected chi connectivity index (χ4v) is 2.70. The monoisotopic (exact) mass is 183 g/mol. The first-order chi connectivity index (χ1) is 6.36. The summed E-state index contributed by atoms with van der Waals surface area (Å²) in [5.74, 6) is 0.542. The van der Waals surface area contributed by atoms with Gasteiger partial charge < -0.3 is 10.4 Å². The molecular formula is C11H21NO. The Balaban J connectivity index is 1.66. The van der Waals surface area contributed by atoms with Crippen LogP contribution in [0.1, 0.15) is 44.9 Å². The molecule has 0 saturated heterocycles. The van der Waals surface area contributed by atoms with E-state index in [4.69, 9.17) is 0 Å². The molecule has 2 atom stereocenters. The topological polar surface area (TPSA) is 32.3 Å². The Labute approximate surface area is 80.7 Å². The lowest BCUT2D eigenvalue weighted by atomic mass is 10.1. The molecule has 0 bridgehead atoms. The first kappa shape index (κ1) is 9.47. The second-order valence-corrected chi connectivity index (χ2v) is 4.65. The molecule has 0 amide bonds. The van der Waals surface area contributed by atoms with Crippen LogP contribution in [-0.2, 0) is 0 Å². The van der Waals surface area contributed by atoms with Gasteiger partial charge in [-0.25, -0.2) is 0 Å². The molecule has 0 heterocycles. The third-order valence-corrected chi connectivity index (χ3v) is 3.64. The Kier molecular flexibility index (Phi) is 3.23. The van der Waals surface area contributed by atoms with Crippen molar-refractivity contribution >= 4 is 0 Å². The summed E-state index contributed by atoms with van der Waals surface area (Å²) < 4.78 is 0. The number of aliphatic hydroxyl groups excluding tert-OH is 1. The van der Waals surface area contributed by atoms with Crippen LogP contribution in [0, 0.1) is 5.92 Å². The van der Waals surface area contributed by atoms with Crippen LogP contribution in [0.25, 0.3) is 0 Å². The highest BCUT2D eigenvalue weighted by atomic mass is 16.3. The quantitative estimate of drug-likeness (QED) is 0.697. The zero-order valence-corrected chi connectivity index (χ0v) is 8.34. The van der Waals surface area contributed by atoms with Gasteiger partial charge in [-0.1, -0.05) is 19.3 Å². The van der Waals surface area contributed by atoms with E-state index in [2.05, 4.69) is 5.32 Å². The van der Waals surface area contributed by atoms with Crippen molar-refractivity contribution in [3.8, 4) is 0 Å². The number of aliphatic hydroxyl groups is 1. The van der Waals surface area contributed by atoms with Crippen molar-refractivity contribution in [1.82, 2.24) is 5.32 Å². The number of nitrogens with one attached hydrogen (secondary N) is 1. The Morgan fingerprint density at radius 2 is 1.77 bits per heavy atom. The van der Waals surface area contributed by atoms with Gasteiger partial charge in [0.05, 0.1) is 6.10 Å². The average Bonchev–Trinajstić information content (AvgIpc) is 2.72. The molecule has 2 saturated carbocycles. The van der Waals surface area contributed by atoms with Crippen LogP contribution in [0.15, 0.2) is 0 Å². The van der Waals surface area contributed by atoms with E-state index >= 15 is 0 Å². The van der Waals surface area contributed by atoms with Gasteiger partial charge >= 0.3 is 0 Å². The van der Waals surface area contributed by atoms with Crippen LogP contribution < -0.4 is 5.32 Å². The summed E-state index contributed by atoms with van der Waals surface area (Å²) in [6, 6.07) is 0.757. The van der Waals surface area contributed by atoms with Gasteiger partial charge in [-0.3, -0.25) is 0 Å². The highest BCUT2D eigenvalue weighted by Gasteiger charge is 2.25. The van der Waals surface area contributed by atoms with Crippen molar-refractivity contribution < 1.29 is 5.11 Å². The lowest BCUT2D eigenvalue weighted by Gasteiger charge is -2.18. The molecule has 0 radical (unpaired) electrons. The van der Waals surface area contributed by atoms with Gasteiger partial charge in [0.1, 0.15) is 0 Å². The lowest BCUT2D eigenvalue weighted by Crippen LogP contribution is -2.33. The van der Waals surface area contributed by atoms with Crippen LogP contribution in [0.3, 0.4) is 0 Å². The summed E-state index contributed by atoms with van der Waals surface area (Å²) in [6.07, 6.45) is 8.94. The second-order valence-electron chi connectivity index (χ2n) is 4.65. The van der Waals surface area contributed by atoms with E-state index in [-0.39, 0.29) is 6.10 Å². The van der Waals surface area contributed by atoms with Crippen molar-refractivity contribution in [3.63, 3.8) is 0 Å². The minimum Gasteiger partial charge on any atom is -0.393 e. The van der Waals surface area contributed by atoms with Crippen LogP contribution in [-0.4, -0.2) is 23.8 Å². The maximum Gasteiger partial charge on any atom is 0.0580 e. The largest absolute Gasteiger partial charge is 0.393 e. The summed E-state index contributed by atoms with van der Waals surface area (Å²) >= 11 is 0. The third kappa shape index (κ3) is 2.44. The summed E-state index contributed by atoms with van der Waals surface area (Å²) in [7, 11) is 0. The van der Waals surface area contributed by atoms with Crippen LogP contribution in [0.2, 0.25) is 0 Å². The standard InChI is InChI=1S/C11H21NO/c13-11-7-3-4-9(11)8-12-10-5-1-2-6-10/h9-13H,1-8H2/t9-,11+/m0/s1. The van der Waals surface area contributed by atoms with E-state index in [9.17, 15) is 5.11 Å². The van der Waals surface area contributed by atoms with Crippen molar-refractivity contribution in [2.75, 3.05) is 6.54 Å². The van der Waals surface area contributed by atoms with E-state index in [1.807, 2.05) is 0 Å². The van der Waals surface area contributed by atoms with Crippen molar-refractivity contribution in [1.29, 1.82) is 0 Å². The summed E-state index contributed by atoms with van der Waals surface area (Å²) in [5, 5.41) is 13.2. The zero-order valence-electron chi connectivity index (χ0n) is 8.34. The van der Waals surface area contributed by atoms with E-state index in [1.165, 1.54) is 38.5 Å². The molecule has 0 spiro atoms. The van der Waals surface area contributed by atoms with E-state index in [0.717, 1.165) is 19.0 Å². The highest BCUT2D eigenvalue weighted by Crippen LogP contribution is 2.25. The molecule has 2 nitrogen and oxygen atoms in total. The Bertz CT molecular complexity index is 154. The molecular weight excluding hydrogens is 162 g/mol.